The molecule has 3 N–H and O–H groups in total. The van der Waals surface area contributed by atoms with Crippen LogP contribution in [0.15, 0.2) is 24.8 Å². The van der Waals surface area contributed by atoms with Gasteiger partial charge in [0.1, 0.15) is 29.5 Å². The van der Waals surface area contributed by atoms with Crippen LogP contribution in [0.3, 0.4) is 0 Å². The number of fused-ring (bicyclic) bond motifs is 1. The summed E-state index contributed by atoms with van der Waals surface area (Å²) in [5.41, 5.74) is 0.573. The molecule has 9 heteroatoms. The van der Waals surface area contributed by atoms with Crippen LogP contribution in [0.25, 0.3) is 18.2 Å². The first-order valence-corrected chi connectivity index (χ1v) is 9.27. The zero-order valence-electron chi connectivity index (χ0n) is 16.3. The van der Waals surface area contributed by atoms with Crippen molar-refractivity contribution in [2.75, 3.05) is 5.32 Å². The normalized spacial score (nSPS) is 16.7. The Hall–Kier alpha value is -3.20. The molecule has 0 bridgehead atoms. The van der Waals surface area contributed by atoms with E-state index in [0.717, 1.165) is 16.5 Å². The Labute approximate surface area is 162 Å². The van der Waals surface area contributed by atoms with Crippen LogP contribution in [0.5, 0.6) is 0 Å². The number of aliphatic hydroxyl groups is 1. The van der Waals surface area contributed by atoms with Crippen LogP contribution in [-0.2, 0) is 0 Å². The van der Waals surface area contributed by atoms with Crippen LogP contribution in [0, 0.1) is 6.92 Å². The highest BCUT2D eigenvalue weighted by atomic mass is 16.3. The average Bonchev–Trinajstić information content (AvgIpc) is 3.26. The topological polar surface area (TPSA) is 106 Å². The predicted octanol–water partition coefficient (Wildman–Crippen LogP) is 0.361. The molecule has 0 aromatic carbocycles. The Balaban J connectivity index is 1.60. The predicted molar refractivity (Wildman–Crippen MR) is 106 cm³/mol. The van der Waals surface area contributed by atoms with Crippen molar-refractivity contribution in [3.8, 4) is 5.95 Å². The summed E-state index contributed by atoms with van der Waals surface area (Å²) in [5, 5.41) is 18.3. The van der Waals surface area contributed by atoms with Gasteiger partial charge in [-0.15, -0.1) is 0 Å². The fourth-order valence-electron chi connectivity index (χ4n) is 3.34. The van der Waals surface area contributed by atoms with Gasteiger partial charge in [-0.3, -0.25) is 4.57 Å². The number of aliphatic hydroxyl groups excluding tert-OH is 1. The quantitative estimate of drug-likeness (QED) is 0.587. The number of aromatic nitrogens is 6. The SMILES string of the molecule is Cc1nc2c(n1C(C)C)=CC(Nc1ccnc(-n3cnc(C(C)O)c3)n1)NC=2. The molecule has 0 radical (unpaired) electrons. The summed E-state index contributed by atoms with van der Waals surface area (Å²) in [7, 11) is 0. The molecule has 28 heavy (non-hydrogen) atoms. The van der Waals surface area contributed by atoms with E-state index in [4.69, 9.17) is 0 Å². The fraction of sp³-hybridized carbons (Fsp3) is 0.368. The molecule has 0 saturated carbocycles. The molecule has 4 rings (SSSR count). The molecular weight excluding hydrogens is 356 g/mol. The highest BCUT2D eigenvalue weighted by Gasteiger charge is 2.14. The Bertz CT molecular complexity index is 1110. The van der Waals surface area contributed by atoms with E-state index in [0.29, 0.717) is 23.5 Å². The largest absolute Gasteiger partial charge is 0.387 e. The van der Waals surface area contributed by atoms with E-state index < -0.39 is 6.10 Å². The van der Waals surface area contributed by atoms with Crippen molar-refractivity contribution in [3.63, 3.8) is 0 Å². The Kier molecular flexibility index (Phi) is 4.60. The van der Waals surface area contributed by atoms with Crippen LogP contribution in [-0.4, -0.2) is 40.3 Å². The number of nitrogens with zero attached hydrogens (tertiary/aromatic N) is 6. The molecular formula is C19H24N8O. The van der Waals surface area contributed by atoms with Crippen molar-refractivity contribution < 1.29 is 5.11 Å². The molecule has 1 aliphatic rings. The first-order valence-electron chi connectivity index (χ1n) is 9.27. The Morgan fingerprint density at radius 2 is 2.04 bits per heavy atom. The van der Waals surface area contributed by atoms with Gasteiger partial charge in [-0.1, -0.05) is 0 Å². The summed E-state index contributed by atoms with van der Waals surface area (Å²) >= 11 is 0. The van der Waals surface area contributed by atoms with E-state index in [1.165, 1.54) is 0 Å². The van der Waals surface area contributed by atoms with Gasteiger partial charge in [0.15, 0.2) is 0 Å². The lowest BCUT2D eigenvalue weighted by molar-refractivity contribution is 0.195. The third kappa shape index (κ3) is 3.36. The number of imidazole rings is 2. The van der Waals surface area contributed by atoms with E-state index in [2.05, 4.69) is 55.1 Å². The van der Waals surface area contributed by atoms with Gasteiger partial charge in [0.25, 0.3) is 0 Å². The van der Waals surface area contributed by atoms with Crippen LogP contribution >= 0.6 is 0 Å². The molecule has 0 saturated heterocycles. The van der Waals surface area contributed by atoms with Crippen LogP contribution in [0.1, 0.15) is 44.4 Å². The maximum Gasteiger partial charge on any atom is 0.236 e. The lowest BCUT2D eigenvalue weighted by atomic mass is 10.3. The van der Waals surface area contributed by atoms with E-state index >= 15 is 0 Å². The van der Waals surface area contributed by atoms with Crippen molar-refractivity contribution in [1.82, 2.24) is 34.4 Å². The summed E-state index contributed by atoms with van der Waals surface area (Å²) in [5.74, 6) is 2.15. The molecule has 0 spiro atoms. The van der Waals surface area contributed by atoms with Gasteiger partial charge < -0.3 is 20.3 Å². The van der Waals surface area contributed by atoms with Crippen molar-refractivity contribution in [2.24, 2.45) is 0 Å². The van der Waals surface area contributed by atoms with Crippen molar-refractivity contribution in [3.05, 3.63) is 47.0 Å². The maximum atomic E-state index is 9.65. The summed E-state index contributed by atoms with van der Waals surface area (Å²) in [6, 6.07) is 2.14. The summed E-state index contributed by atoms with van der Waals surface area (Å²) in [4.78, 5) is 17.6. The van der Waals surface area contributed by atoms with Crippen LogP contribution < -0.4 is 21.3 Å². The first-order chi connectivity index (χ1) is 13.4. The Morgan fingerprint density at radius 3 is 2.75 bits per heavy atom. The number of hydrogen-bond acceptors (Lipinski definition) is 7. The molecule has 4 heterocycles. The number of rotatable bonds is 5. The van der Waals surface area contributed by atoms with Gasteiger partial charge in [0, 0.05) is 24.6 Å². The summed E-state index contributed by atoms with van der Waals surface area (Å²) in [6.07, 6.45) is 8.27. The Morgan fingerprint density at radius 1 is 1.21 bits per heavy atom. The lowest BCUT2D eigenvalue weighted by Crippen LogP contribution is -2.44. The molecule has 0 amide bonds. The molecule has 3 aromatic heterocycles. The summed E-state index contributed by atoms with van der Waals surface area (Å²) < 4.78 is 3.91. The monoisotopic (exact) mass is 380 g/mol. The third-order valence-corrected chi connectivity index (χ3v) is 4.60. The van der Waals surface area contributed by atoms with Gasteiger partial charge in [0.2, 0.25) is 5.95 Å². The van der Waals surface area contributed by atoms with Gasteiger partial charge in [-0.25, -0.2) is 15.0 Å². The zero-order chi connectivity index (χ0) is 19.8. The number of hydrogen-bond donors (Lipinski definition) is 3. The lowest BCUT2D eigenvalue weighted by Gasteiger charge is -2.19. The third-order valence-electron chi connectivity index (χ3n) is 4.60. The standard InChI is InChI=1S/C19H24N8O/c1-11(2)27-13(4)23-14-8-21-18(7-16(14)27)24-17-5-6-20-19(25-17)26-9-15(12(3)28)22-10-26/h5-12,18,21,28H,1-4H3,(H,20,24,25). The molecule has 1 aliphatic heterocycles. The molecule has 2 atom stereocenters. The van der Waals surface area contributed by atoms with Crippen molar-refractivity contribution in [2.45, 2.75) is 46.0 Å². The second-order valence-electron chi connectivity index (χ2n) is 7.12. The highest BCUT2D eigenvalue weighted by Crippen LogP contribution is 2.12. The molecule has 0 aliphatic carbocycles. The van der Waals surface area contributed by atoms with Gasteiger partial charge >= 0.3 is 0 Å². The van der Waals surface area contributed by atoms with Crippen LogP contribution in [0.2, 0.25) is 0 Å². The summed E-state index contributed by atoms with van der Waals surface area (Å²) in [6.45, 7) is 7.99. The molecule has 2 unspecified atom stereocenters. The second-order valence-corrected chi connectivity index (χ2v) is 7.12. The molecule has 0 fully saturated rings. The van der Waals surface area contributed by atoms with Gasteiger partial charge in [-0.05, 0) is 39.8 Å². The number of anilines is 1. The van der Waals surface area contributed by atoms with Crippen molar-refractivity contribution in [1.29, 1.82) is 0 Å². The highest BCUT2D eigenvalue weighted by molar-refractivity contribution is 5.48. The van der Waals surface area contributed by atoms with Crippen molar-refractivity contribution >= 4 is 18.1 Å². The van der Waals surface area contributed by atoms with Gasteiger partial charge in [-0.2, -0.15) is 4.98 Å². The van der Waals surface area contributed by atoms with E-state index in [9.17, 15) is 5.11 Å². The molecule has 146 valence electrons. The molecule has 9 nitrogen and oxygen atoms in total. The number of nitrogens with one attached hydrogen (secondary N) is 2. The minimum Gasteiger partial charge on any atom is -0.387 e. The maximum absolute atomic E-state index is 9.65. The minimum atomic E-state index is -0.636. The van der Waals surface area contributed by atoms with Crippen LogP contribution in [0.4, 0.5) is 5.82 Å². The van der Waals surface area contributed by atoms with E-state index in [1.807, 2.05) is 19.2 Å². The first kappa shape index (κ1) is 18.2. The van der Waals surface area contributed by atoms with E-state index in [-0.39, 0.29) is 6.17 Å². The van der Waals surface area contributed by atoms with Gasteiger partial charge in [0.05, 0.1) is 17.1 Å². The number of aryl methyl sites for hydroxylation is 1. The molecule has 3 aromatic rings. The van der Waals surface area contributed by atoms with E-state index in [1.54, 1.807) is 30.2 Å². The second kappa shape index (κ2) is 7.08. The smallest absolute Gasteiger partial charge is 0.236 e. The zero-order valence-corrected chi connectivity index (χ0v) is 16.3. The minimum absolute atomic E-state index is 0.125. The average molecular weight is 380 g/mol. The fourth-order valence-corrected chi connectivity index (χ4v) is 3.34.